The summed E-state index contributed by atoms with van der Waals surface area (Å²) < 4.78 is 7.97. The lowest BCUT2D eigenvalue weighted by molar-refractivity contribution is -0.117. The predicted molar refractivity (Wildman–Crippen MR) is 153 cm³/mol. The van der Waals surface area contributed by atoms with Crippen LogP contribution >= 0.6 is 11.8 Å². The number of fused-ring (bicyclic) bond motifs is 1. The van der Waals surface area contributed by atoms with Crippen LogP contribution in [0.2, 0.25) is 0 Å². The van der Waals surface area contributed by atoms with Crippen LogP contribution in [0.5, 0.6) is 11.5 Å². The first kappa shape index (κ1) is 26.4. The number of carbonyl (C=O) groups is 1. The number of ketones is 1. The fourth-order valence-electron chi connectivity index (χ4n) is 4.25. The van der Waals surface area contributed by atoms with Gasteiger partial charge in [0.15, 0.2) is 11.4 Å². The minimum atomic E-state index is -0.327. The Bertz CT molecular complexity index is 1700. The van der Waals surface area contributed by atoms with Crippen LogP contribution in [0.1, 0.15) is 37.7 Å². The number of aromatic nitrogens is 5. The normalized spacial score (nSPS) is 11.6. The van der Waals surface area contributed by atoms with Crippen LogP contribution in [0.3, 0.4) is 0 Å². The van der Waals surface area contributed by atoms with Crippen LogP contribution in [0.4, 0.5) is 0 Å². The summed E-state index contributed by atoms with van der Waals surface area (Å²) in [6, 6.07) is 19.3. The number of hydrogen-bond acceptors (Lipinski definition) is 7. The third-order valence-electron chi connectivity index (χ3n) is 6.24. The fourth-order valence-corrected chi connectivity index (χ4v) is 4.89. The lowest BCUT2D eigenvalue weighted by atomic mass is 9.92. The Morgan fingerprint density at radius 3 is 2.56 bits per heavy atom. The molecule has 8 nitrogen and oxygen atoms in total. The smallest absolute Gasteiger partial charge is 0.268 e. The van der Waals surface area contributed by atoms with Crippen molar-refractivity contribution < 1.29 is 9.53 Å². The molecule has 0 aliphatic carbocycles. The van der Waals surface area contributed by atoms with Crippen LogP contribution < -0.4 is 10.3 Å². The molecule has 1 N–H and O–H groups in total. The van der Waals surface area contributed by atoms with Gasteiger partial charge in [0.1, 0.15) is 17.0 Å². The molecule has 3 heterocycles. The van der Waals surface area contributed by atoms with Gasteiger partial charge < -0.3 is 9.72 Å². The Morgan fingerprint density at radius 1 is 1.03 bits per heavy atom. The number of pyridine rings is 1. The monoisotopic (exact) mass is 539 g/mol. The summed E-state index contributed by atoms with van der Waals surface area (Å²) >= 11 is 1.56. The molecule has 0 aliphatic rings. The van der Waals surface area contributed by atoms with E-state index in [9.17, 15) is 9.59 Å². The average molecular weight is 540 g/mol. The van der Waals surface area contributed by atoms with Gasteiger partial charge in [0.25, 0.3) is 5.56 Å². The van der Waals surface area contributed by atoms with Crippen molar-refractivity contribution in [3.05, 3.63) is 100 Å². The van der Waals surface area contributed by atoms with Gasteiger partial charge in [-0.15, -0.1) is 11.8 Å². The molecular formula is C30H29N5O3S. The van der Waals surface area contributed by atoms with Crippen molar-refractivity contribution in [2.45, 2.75) is 43.9 Å². The van der Waals surface area contributed by atoms with Crippen molar-refractivity contribution in [2.75, 3.05) is 6.26 Å². The van der Waals surface area contributed by atoms with Gasteiger partial charge >= 0.3 is 0 Å². The highest BCUT2D eigenvalue weighted by Gasteiger charge is 2.22. The van der Waals surface area contributed by atoms with Crippen LogP contribution in [-0.2, 0) is 23.1 Å². The Kier molecular flexibility index (Phi) is 7.34. The first-order chi connectivity index (χ1) is 18.7. The number of nitrogens with one attached hydrogen (secondary N) is 1. The van der Waals surface area contributed by atoms with E-state index in [4.69, 9.17) is 9.84 Å². The average Bonchev–Trinajstić information content (AvgIpc) is 3.34. The molecule has 0 unspecified atom stereocenters. The highest BCUT2D eigenvalue weighted by Crippen LogP contribution is 2.31. The number of nitrogens with zero attached hydrogens (tertiary/aromatic N) is 4. The van der Waals surface area contributed by atoms with E-state index in [1.807, 2.05) is 65.5 Å². The molecule has 0 radical (unpaired) electrons. The van der Waals surface area contributed by atoms with E-state index in [1.54, 1.807) is 24.0 Å². The number of hydrogen-bond donors (Lipinski definition) is 1. The molecule has 0 bridgehead atoms. The molecule has 9 heteroatoms. The van der Waals surface area contributed by atoms with E-state index in [0.717, 1.165) is 27.5 Å². The molecule has 0 saturated carbocycles. The van der Waals surface area contributed by atoms with Crippen molar-refractivity contribution >= 4 is 28.7 Å². The van der Waals surface area contributed by atoms with Crippen molar-refractivity contribution in [1.82, 2.24) is 24.7 Å². The Balaban J connectivity index is 1.37. The maximum atomic E-state index is 13.3. The number of H-pyrrole nitrogens is 1. The van der Waals surface area contributed by atoms with Crippen LogP contribution in [0.25, 0.3) is 16.9 Å². The highest BCUT2D eigenvalue weighted by molar-refractivity contribution is 7.98. The van der Waals surface area contributed by atoms with E-state index in [1.165, 1.54) is 6.20 Å². The summed E-state index contributed by atoms with van der Waals surface area (Å²) in [6.45, 7) is 6.36. The number of Topliss-reactive ketones (excluding diaryl/α,β-unsaturated/α-hetero) is 1. The summed E-state index contributed by atoms with van der Waals surface area (Å²) in [5, 5.41) is 4.84. The van der Waals surface area contributed by atoms with Crippen LogP contribution in [0.15, 0.2) is 82.7 Å². The fraction of sp³-hybridized carbons (Fsp3) is 0.233. The topological polar surface area (TPSA) is 103 Å². The van der Waals surface area contributed by atoms with E-state index >= 15 is 0 Å². The standard InChI is InChI=1S/C30H29N5O3S/c1-30(2,3)26-16-21(35(34-26)20-8-6-5-7-9-20)15-22(36)14-19-10-11-23(17-25(19)39-4)38-24-12-13-31-29-28(24)32-18-27(37)33-29/h5-13,16-18H,14-15H2,1-4H3,(H,31,33,37). The Morgan fingerprint density at radius 2 is 1.82 bits per heavy atom. The lowest BCUT2D eigenvalue weighted by Crippen LogP contribution is -2.13. The number of thioether (sulfide) groups is 1. The predicted octanol–water partition coefficient (Wildman–Crippen LogP) is 5.67. The van der Waals surface area contributed by atoms with Crippen molar-refractivity contribution in [3.63, 3.8) is 0 Å². The molecule has 198 valence electrons. The molecule has 0 saturated heterocycles. The number of carbonyl (C=O) groups excluding carboxylic acids is 1. The molecule has 2 aromatic carbocycles. The summed E-state index contributed by atoms with van der Waals surface area (Å²) in [4.78, 5) is 36.8. The quantitative estimate of drug-likeness (QED) is 0.254. The van der Waals surface area contributed by atoms with Crippen molar-refractivity contribution in [1.29, 1.82) is 0 Å². The zero-order valence-corrected chi connectivity index (χ0v) is 23.1. The maximum absolute atomic E-state index is 13.3. The third-order valence-corrected chi connectivity index (χ3v) is 7.06. The molecule has 0 atom stereocenters. The second kappa shape index (κ2) is 10.9. The first-order valence-electron chi connectivity index (χ1n) is 12.6. The molecule has 5 aromatic rings. The number of benzene rings is 2. The molecule has 0 fully saturated rings. The maximum Gasteiger partial charge on any atom is 0.268 e. The van der Waals surface area contributed by atoms with Gasteiger partial charge in [-0.25, -0.2) is 14.6 Å². The first-order valence-corrected chi connectivity index (χ1v) is 13.8. The van der Waals surface area contributed by atoms with Gasteiger partial charge in [-0.2, -0.15) is 5.10 Å². The zero-order valence-electron chi connectivity index (χ0n) is 22.3. The van der Waals surface area contributed by atoms with E-state index < -0.39 is 0 Å². The summed E-state index contributed by atoms with van der Waals surface area (Å²) in [6.07, 6.45) is 5.30. The van der Waals surface area contributed by atoms with Crippen LogP contribution in [-0.4, -0.2) is 36.8 Å². The Labute approximate surface area is 230 Å². The minimum Gasteiger partial charge on any atom is -0.455 e. The molecule has 5 rings (SSSR count). The number of aromatic amines is 1. The Hall–Kier alpha value is -4.24. The van der Waals surface area contributed by atoms with E-state index in [0.29, 0.717) is 29.1 Å². The number of ether oxygens (including phenoxy) is 1. The third kappa shape index (κ3) is 5.93. The van der Waals surface area contributed by atoms with Gasteiger partial charge in [-0.1, -0.05) is 45.0 Å². The molecule has 0 amide bonds. The van der Waals surface area contributed by atoms with Crippen molar-refractivity contribution in [3.8, 4) is 17.2 Å². The lowest BCUT2D eigenvalue weighted by Gasteiger charge is -2.14. The summed E-state index contributed by atoms with van der Waals surface area (Å²) in [7, 11) is 0. The van der Waals surface area contributed by atoms with Gasteiger partial charge in [0, 0.05) is 35.4 Å². The molecular weight excluding hydrogens is 510 g/mol. The summed E-state index contributed by atoms with van der Waals surface area (Å²) in [5.41, 5.74) is 4.05. The number of para-hydroxylation sites is 1. The summed E-state index contributed by atoms with van der Waals surface area (Å²) in [5.74, 6) is 1.19. The second-order valence-corrected chi connectivity index (χ2v) is 11.1. The van der Waals surface area contributed by atoms with Gasteiger partial charge in [0.05, 0.1) is 23.3 Å². The largest absolute Gasteiger partial charge is 0.455 e. The van der Waals surface area contributed by atoms with E-state index in [-0.39, 0.29) is 23.2 Å². The van der Waals surface area contributed by atoms with E-state index in [2.05, 4.69) is 35.7 Å². The number of rotatable bonds is 8. The minimum absolute atomic E-state index is 0.102. The van der Waals surface area contributed by atoms with Gasteiger partial charge in [-0.05, 0) is 42.2 Å². The molecule has 39 heavy (non-hydrogen) atoms. The zero-order chi connectivity index (χ0) is 27.6. The highest BCUT2D eigenvalue weighted by atomic mass is 32.2. The molecule has 3 aromatic heterocycles. The van der Waals surface area contributed by atoms with Gasteiger partial charge in [0.2, 0.25) is 0 Å². The van der Waals surface area contributed by atoms with Crippen LogP contribution in [0, 0.1) is 0 Å². The molecule has 0 spiro atoms. The van der Waals surface area contributed by atoms with Crippen molar-refractivity contribution in [2.24, 2.45) is 0 Å². The SMILES string of the molecule is CSc1cc(Oc2ccnc3[nH]c(=O)cnc23)ccc1CC(=O)Cc1cc(C(C)(C)C)nn1-c1ccccc1. The second-order valence-electron chi connectivity index (χ2n) is 10.2. The molecule has 0 aliphatic heterocycles. The van der Waals surface area contributed by atoms with Gasteiger partial charge in [-0.3, -0.25) is 9.59 Å².